The van der Waals surface area contributed by atoms with Crippen molar-refractivity contribution in [3.05, 3.63) is 52.5 Å². The van der Waals surface area contributed by atoms with Crippen LogP contribution in [0.3, 0.4) is 0 Å². The first-order valence-electron chi connectivity index (χ1n) is 11.3. The van der Waals surface area contributed by atoms with E-state index in [0.717, 1.165) is 0 Å². The predicted octanol–water partition coefficient (Wildman–Crippen LogP) is 1.68. The number of nitrogens with two attached hydrogens (primary N) is 1. The Morgan fingerprint density at radius 3 is 2.53 bits per heavy atom. The molecule has 0 radical (unpaired) electrons. The Kier molecular flexibility index (Phi) is 5.53. The fraction of sp³-hybridized carbons (Fsp3) is 0.440. The number of hydrazine groups is 1. The van der Waals surface area contributed by atoms with Crippen LogP contribution in [0.1, 0.15) is 45.6 Å². The van der Waals surface area contributed by atoms with Crippen molar-refractivity contribution in [3.63, 3.8) is 0 Å². The van der Waals surface area contributed by atoms with Crippen LogP contribution in [0.5, 0.6) is 0 Å². The van der Waals surface area contributed by atoms with Gasteiger partial charge in [0, 0.05) is 48.6 Å². The molecule has 3 aliphatic rings. The number of rotatable bonds is 3. The number of hydrogen-bond acceptors (Lipinski definition) is 7. The van der Waals surface area contributed by atoms with Crippen molar-refractivity contribution in [2.75, 3.05) is 25.5 Å². The molecule has 34 heavy (non-hydrogen) atoms. The molecule has 4 rings (SSSR count). The van der Waals surface area contributed by atoms with E-state index < -0.39 is 16.9 Å². The first-order chi connectivity index (χ1) is 15.9. The quantitative estimate of drug-likeness (QED) is 0.701. The van der Waals surface area contributed by atoms with Gasteiger partial charge in [-0.05, 0) is 39.7 Å². The van der Waals surface area contributed by atoms with Gasteiger partial charge in [-0.25, -0.2) is 5.01 Å². The van der Waals surface area contributed by atoms with Gasteiger partial charge < -0.3 is 16.0 Å². The number of carbonyl (C=O) groups is 3. The molecule has 1 aliphatic carbocycles. The van der Waals surface area contributed by atoms with Gasteiger partial charge in [0.2, 0.25) is 11.8 Å². The monoisotopic (exact) mass is 462 g/mol. The van der Waals surface area contributed by atoms with E-state index >= 15 is 0 Å². The van der Waals surface area contributed by atoms with Gasteiger partial charge in [0.05, 0.1) is 5.57 Å². The van der Waals surface area contributed by atoms with E-state index in [9.17, 15) is 19.6 Å². The van der Waals surface area contributed by atoms with Crippen molar-refractivity contribution in [1.82, 2.24) is 15.3 Å². The second kappa shape index (κ2) is 7.99. The summed E-state index contributed by atoms with van der Waals surface area (Å²) in [6, 6.07) is 9.18. The molecule has 2 amide bonds. The summed E-state index contributed by atoms with van der Waals surface area (Å²) >= 11 is 0. The third-order valence-corrected chi connectivity index (χ3v) is 6.37. The molecule has 9 heteroatoms. The summed E-state index contributed by atoms with van der Waals surface area (Å²) in [7, 11) is 3.55. The SMILES string of the molecule is CN(C)N1C(N)=C(C#N)[C@]2(C(=O)N(CC(=O)NC(C)(C)C)c3ccccc32)C2=C1CCCC2=O. The lowest BCUT2D eigenvalue weighted by atomic mass is 9.64. The van der Waals surface area contributed by atoms with E-state index in [-0.39, 0.29) is 41.6 Å². The van der Waals surface area contributed by atoms with Crippen LogP contribution in [0.15, 0.2) is 46.9 Å². The Morgan fingerprint density at radius 1 is 1.24 bits per heavy atom. The first-order valence-corrected chi connectivity index (χ1v) is 11.3. The molecular formula is C25H30N6O3. The Balaban J connectivity index is 1.99. The number of anilines is 1. The molecule has 0 unspecified atom stereocenters. The van der Waals surface area contributed by atoms with Crippen molar-refractivity contribution in [3.8, 4) is 6.07 Å². The van der Waals surface area contributed by atoms with Gasteiger partial charge in [-0.3, -0.25) is 19.4 Å². The lowest BCUT2D eigenvalue weighted by molar-refractivity contribution is -0.127. The Bertz CT molecular complexity index is 1200. The lowest BCUT2D eigenvalue weighted by Gasteiger charge is -2.45. The Hall–Kier alpha value is -3.64. The highest BCUT2D eigenvalue weighted by molar-refractivity contribution is 6.21. The van der Waals surface area contributed by atoms with Crippen LogP contribution < -0.4 is 16.0 Å². The lowest BCUT2D eigenvalue weighted by Crippen LogP contribution is -2.55. The van der Waals surface area contributed by atoms with E-state index in [1.54, 1.807) is 48.4 Å². The molecule has 0 saturated heterocycles. The summed E-state index contributed by atoms with van der Waals surface area (Å²) in [5, 5.41) is 16.6. The number of Topliss-reactive ketones (excluding diaryl/α,β-unsaturated/α-hetero) is 1. The molecule has 0 fully saturated rings. The fourth-order valence-electron chi connectivity index (χ4n) is 5.33. The molecular weight excluding hydrogens is 432 g/mol. The highest BCUT2D eigenvalue weighted by Crippen LogP contribution is 2.56. The fourth-order valence-corrected chi connectivity index (χ4v) is 5.33. The average molecular weight is 463 g/mol. The number of fused-ring (bicyclic) bond motifs is 3. The van der Waals surface area contributed by atoms with Gasteiger partial charge in [-0.1, -0.05) is 18.2 Å². The molecule has 1 aromatic rings. The van der Waals surface area contributed by atoms with E-state index in [1.807, 2.05) is 20.8 Å². The zero-order valence-electron chi connectivity index (χ0n) is 20.2. The number of benzene rings is 1. The van der Waals surface area contributed by atoms with Crippen molar-refractivity contribution < 1.29 is 14.4 Å². The van der Waals surface area contributed by atoms with E-state index in [2.05, 4.69) is 11.4 Å². The summed E-state index contributed by atoms with van der Waals surface area (Å²) in [5.74, 6) is -0.904. The van der Waals surface area contributed by atoms with Crippen molar-refractivity contribution in [2.45, 2.75) is 51.0 Å². The maximum Gasteiger partial charge on any atom is 0.248 e. The van der Waals surface area contributed by atoms with Crippen molar-refractivity contribution in [1.29, 1.82) is 5.26 Å². The van der Waals surface area contributed by atoms with E-state index in [4.69, 9.17) is 5.73 Å². The minimum absolute atomic E-state index is 0.00591. The van der Waals surface area contributed by atoms with Crippen LogP contribution in [0.25, 0.3) is 0 Å². The number of allylic oxidation sites excluding steroid dienone is 1. The third-order valence-electron chi connectivity index (χ3n) is 6.37. The smallest absolute Gasteiger partial charge is 0.248 e. The number of nitrogens with one attached hydrogen (secondary N) is 1. The summed E-state index contributed by atoms with van der Waals surface area (Å²) in [6.45, 7) is 5.34. The number of ketones is 1. The number of nitriles is 1. The van der Waals surface area contributed by atoms with Crippen LogP contribution in [0, 0.1) is 11.3 Å². The highest BCUT2D eigenvalue weighted by Gasteiger charge is 2.62. The normalized spacial score (nSPS) is 22.4. The Morgan fingerprint density at radius 2 is 1.91 bits per heavy atom. The maximum absolute atomic E-state index is 14.3. The molecule has 178 valence electrons. The average Bonchev–Trinajstić information content (AvgIpc) is 2.96. The molecule has 1 aromatic carbocycles. The number of hydrogen-bond donors (Lipinski definition) is 2. The maximum atomic E-state index is 14.3. The van der Waals surface area contributed by atoms with Crippen molar-refractivity contribution in [2.24, 2.45) is 5.73 Å². The predicted molar refractivity (Wildman–Crippen MR) is 127 cm³/mol. The molecule has 0 bridgehead atoms. The molecule has 0 aromatic heterocycles. The first kappa shape index (κ1) is 23.5. The summed E-state index contributed by atoms with van der Waals surface area (Å²) in [6.07, 6.45) is 1.45. The van der Waals surface area contributed by atoms with Crippen LogP contribution in [0.2, 0.25) is 0 Å². The summed E-state index contributed by atoms with van der Waals surface area (Å²) < 4.78 is 0. The van der Waals surface area contributed by atoms with E-state index in [0.29, 0.717) is 29.8 Å². The van der Waals surface area contributed by atoms with Crippen LogP contribution in [-0.2, 0) is 19.8 Å². The van der Waals surface area contributed by atoms with Gasteiger partial charge in [0.1, 0.15) is 23.8 Å². The number of amides is 2. The zero-order chi connectivity index (χ0) is 25.0. The molecule has 0 saturated carbocycles. The van der Waals surface area contributed by atoms with Crippen LogP contribution >= 0.6 is 0 Å². The number of carbonyl (C=O) groups excluding carboxylic acids is 3. The molecule has 1 atom stereocenters. The van der Waals surface area contributed by atoms with Crippen LogP contribution in [0.4, 0.5) is 5.69 Å². The van der Waals surface area contributed by atoms with Gasteiger partial charge in [-0.15, -0.1) is 0 Å². The second-order valence-corrected chi connectivity index (χ2v) is 10.1. The molecule has 2 heterocycles. The van der Waals surface area contributed by atoms with Gasteiger partial charge in [-0.2, -0.15) is 5.26 Å². The molecule has 1 spiro atoms. The highest BCUT2D eigenvalue weighted by atomic mass is 16.2. The van der Waals surface area contributed by atoms with Crippen LogP contribution in [-0.4, -0.2) is 53.8 Å². The molecule has 3 N–H and O–H groups in total. The summed E-state index contributed by atoms with van der Waals surface area (Å²) in [4.78, 5) is 42.0. The Labute approximate surface area is 199 Å². The standard InChI is InChI=1S/C25H30N6O3/c1-24(2,3)28-20(33)14-30-17-10-7-6-9-15(17)25(23(30)34)16(13-26)22(27)31(29(4)5)18-11-8-12-19(32)21(18)25/h6-7,9-10H,8,11-12,14,27H2,1-5H3,(H,28,33)/t25-/m0/s1. The van der Waals surface area contributed by atoms with Gasteiger partial charge in [0.15, 0.2) is 5.78 Å². The number of nitrogens with zero attached hydrogens (tertiary/aromatic N) is 4. The second-order valence-electron chi connectivity index (χ2n) is 10.1. The van der Waals surface area contributed by atoms with Gasteiger partial charge in [0.25, 0.3) is 0 Å². The minimum atomic E-state index is -1.67. The van der Waals surface area contributed by atoms with Crippen molar-refractivity contribution >= 4 is 23.3 Å². The van der Waals surface area contributed by atoms with Gasteiger partial charge >= 0.3 is 0 Å². The third kappa shape index (κ3) is 3.29. The minimum Gasteiger partial charge on any atom is -0.383 e. The van der Waals surface area contributed by atoms with E-state index in [1.165, 1.54) is 4.90 Å². The zero-order valence-corrected chi connectivity index (χ0v) is 20.2. The topological polar surface area (TPSA) is 123 Å². The number of para-hydroxylation sites is 1. The largest absolute Gasteiger partial charge is 0.383 e. The summed E-state index contributed by atoms with van der Waals surface area (Å²) in [5.41, 5.74) is 6.31. The molecule has 9 nitrogen and oxygen atoms in total. The molecule has 2 aliphatic heterocycles.